The Morgan fingerprint density at radius 2 is 2.20 bits per heavy atom. The highest BCUT2D eigenvalue weighted by Gasteiger charge is 2.24. The van der Waals surface area contributed by atoms with Crippen molar-refractivity contribution in [3.63, 3.8) is 0 Å². The van der Waals surface area contributed by atoms with Crippen LogP contribution in [-0.4, -0.2) is 42.0 Å². The highest BCUT2D eigenvalue weighted by Crippen LogP contribution is 2.25. The molecule has 1 aliphatic rings. The summed E-state index contributed by atoms with van der Waals surface area (Å²) in [5, 5.41) is 0.571. The van der Waals surface area contributed by atoms with Crippen LogP contribution in [0, 0.1) is 0 Å². The highest BCUT2D eigenvalue weighted by molar-refractivity contribution is 7.99. The summed E-state index contributed by atoms with van der Waals surface area (Å²) in [5.74, 6) is 1.88. The second kappa shape index (κ2) is 7.58. The summed E-state index contributed by atoms with van der Waals surface area (Å²) >= 11 is 1.97. The van der Waals surface area contributed by atoms with Crippen molar-refractivity contribution in [2.75, 3.05) is 26.0 Å². The van der Waals surface area contributed by atoms with Crippen molar-refractivity contribution in [1.82, 2.24) is 4.90 Å². The Kier molecular flexibility index (Phi) is 5.77. The molecule has 1 aliphatic heterocycles. The third-order valence-corrected chi connectivity index (χ3v) is 4.84. The number of carbonyl (C=O) groups excluding carboxylic acids is 1. The Labute approximate surface area is 125 Å². The Morgan fingerprint density at radius 3 is 2.95 bits per heavy atom. The van der Waals surface area contributed by atoms with Crippen molar-refractivity contribution in [3.05, 3.63) is 29.8 Å². The van der Waals surface area contributed by atoms with Crippen LogP contribution in [0.15, 0.2) is 24.3 Å². The molecule has 1 unspecified atom stereocenters. The van der Waals surface area contributed by atoms with Gasteiger partial charge < -0.3 is 9.64 Å². The summed E-state index contributed by atoms with van der Waals surface area (Å²) in [5.41, 5.74) is 0.678. The smallest absolute Gasteiger partial charge is 0.257 e. The van der Waals surface area contributed by atoms with Gasteiger partial charge >= 0.3 is 0 Å². The number of ether oxygens (including phenoxy) is 1. The van der Waals surface area contributed by atoms with Crippen molar-refractivity contribution in [2.45, 2.75) is 31.4 Å². The van der Waals surface area contributed by atoms with Gasteiger partial charge in [-0.15, -0.1) is 0 Å². The quantitative estimate of drug-likeness (QED) is 0.851. The molecule has 0 N–H and O–H groups in total. The molecule has 1 amide bonds. The van der Waals surface area contributed by atoms with Crippen LogP contribution >= 0.6 is 11.8 Å². The van der Waals surface area contributed by atoms with Crippen LogP contribution in [0.2, 0.25) is 0 Å². The first-order valence-corrected chi connectivity index (χ1v) is 8.35. The molecule has 110 valence electrons. The SMILES string of the molecule is CCSC1CCCCN(C(=O)c2ccccc2OC)C1. The molecule has 1 heterocycles. The largest absolute Gasteiger partial charge is 0.496 e. The van der Waals surface area contributed by atoms with Gasteiger partial charge in [-0.2, -0.15) is 11.8 Å². The van der Waals surface area contributed by atoms with Crippen molar-refractivity contribution >= 4 is 17.7 Å². The maximum atomic E-state index is 12.7. The Balaban J connectivity index is 2.14. The van der Waals surface area contributed by atoms with Gasteiger partial charge in [0.05, 0.1) is 12.7 Å². The second-order valence-electron chi connectivity index (χ2n) is 5.02. The number of carbonyl (C=O) groups is 1. The van der Waals surface area contributed by atoms with E-state index < -0.39 is 0 Å². The lowest BCUT2D eigenvalue weighted by molar-refractivity contribution is 0.0760. The van der Waals surface area contributed by atoms with Gasteiger partial charge in [-0.1, -0.05) is 25.5 Å². The van der Waals surface area contributed by atoms with Crippen LogP contribution in [0.4, 0.5) is 0 Å². The van der Waals surface area contributed by atoms with Gasteiger partial charge in [0, 0.05) is 18.3 Å². The maximum Gasteiger partial charge on any atom is 0.257 e. The fourth-order valence-electron chi connectivity index (χ4n) is 2.65. The topological polar surface area (TPSA) is 29.5 Å². The normalized spacial score (nSPS) is 19.5. The van der Waals surface area contributed by atoms with E-state index in [0.717, 1.165) is 25.3 Å². The molecule has 0 aromatic heterocycles. The van der Waals surface area contributed by atoms with E-state index in [2.05, 4.69) is 6.92 Å². The lowest BCUT2D eigenvalue weighted by Gasteiger charge is -2.24. The first-order valence-electron chi connectivity index (χ1n) is 7.30. The standard InChI is InChI=1S/C16H23NO2S/c1-3-20-13-8-6-7-11-17(12-13)16(18)14-9-4-5-10-15(14)19-2/h4-5,9-10,13H,3,6-8,11-12H2,1-2H3. The molecule has 3 nitrogen and oxygen atoms in total. The number of methoxy groups -OCH3 is 1. The summed E-state index contributed by atoms with van der Waals surface area (Å²) in [7, 11) is 1.62. The highest BCUT2D eigenvalue weighted by atomic mass is 32.2. The molecule has 0 saturated carbocycles. The maximum absolute atomic E-state index is 12.7. The van der Waals surface area contributed by atoms with Gasteiger partial charge in [-0.3, -0.25) is 4.79 Å². The van der Waals surface area contributed by atoms with E-state index >= 15 is 0 Å². The zero-order chi connectivity index (χ0) is 14.4. The van der Waals surface area contributed by atoms with Gasteiger partial charge in [0.2, 0.25) is 0 Å². The fraction of sp³-hybridized carbons (Fsp3) is 0.562. The predicted octanol–water partition coefficient (Wildman–Crippen LogP) is 3.44. The fourth-order valence-corrected chi connectivity index (χ4v) is 3.74. The molecular formula is C16H23NO2S. The molecule has 1 aromatic rings. The summed E-state index contributed by atoms with van der Waals surface area (Å²) in [6, 6.07) is 7.50. The van der Waals surface area contributed by atoms with Crippen LogP contribution in [0.3, 0.4) is 0 Å². The monoisotopic (exact) mass is 293 g/mol. The number of para-hydroxylation sites is 1. The van der Waals surface area contributed by atoms with Crippen LogP contribution in [0.5, 0.6) is 5.75 Å². The third-order valence-electron chi connectivity index (χ3n) is 3.66. The molecule has 1 saturated heterocycles. The lowest BCUT2D eigenvalue weighted by atomic mass is 10.1. The van der Waals surface area contributed by atoms with Gasteiger partial charge in [0.15, 0.2) is 0 Å². The minimum atomic E-state index is 0.103. The number of rotatable bonds is 4. The predicted molar refractivity (Wildman–Crippen MR) is 84.7 cm³/mol. The second-order valence-corrected chi connectivity index (χ2v) is 6.60. The van der Waals surface area contributed by atoms with Crippen LogP contribution < -0.4 is 4.74 Å². The molecule has 0 aliphatic carbocycles. The minimum absolute atomic E-state index is 0.103. The van der Waals surface area contributed by atoms with Crippen molar-refractivity contribution < 1.29 is 9.53 Å². The average molecular weight is 293 g/mol. The van der Waals surface area contributed by atoms with E-state index in [9.17, 15) is 4.79 Å². The van der Waals surface area contributed by atoms with Gasteiger partial charge in [-0.05, 0) is 30.7 Å². The first kappa shape index (κ1) is 15.2. The van der Waals surface area contributed by atoms with Crippen molar-refractivity contribution in [3.8, 4) is 5.75 Å². The zero-order valence-corrected chi connectivity index (χ0v) is 13.1. The Hall–Kier alpha value is -1.16. The van der Waals surface area contributed by atoms with Gasteiger partial charge in [0.1, 0.15) is 5.75 Å². The number of nitrogens with zero attached hydrogens (tertiary/aromatic N) is 1. The first-order chi connectivity index (χ1) is 9.76. The van der Waals surface area contributed by atoms with E-state index in [1.165, 1.54) is 12.8 Å². The molecule has 0 bridgehead atoms. The minimum Gasteiger partial charge on any atom is -0.496 e. The van der Waals surface area contributed by atoms with Crippen molar-refractivity contribution in [1.29, 1.82) is 0 Å². The number of thioether (sulfide) groups is 1. The molecule has 0 radical (unpaired) electrons. The van der Waals surface area contributed by atoms with Crippen LogP contribution in [0.25, 0.3) is 0 Å². The van der Waals surface area contributed by atoms with Crippen LogP contribution in [-0.2, 0) is 0 Å². The summed E-state index contributed by atoms with van der Waals surface area (Å²) in [4.78, 5) is 14.7. The number of hydrogen-bond acceptors (Lipinski definition) is 3. The molecule has 1 atom stereocenters. The molecule has 20 heavy (non-hydrogen) atoms. The summed E-state index contributed by atoms with van der Waals surface area (Å²) in [6.45, 7) is 3.90. The van der Waals surface area contributed by atoms with E-state index in [1.54, 1.807) is 7.11 Å². The molecule has 1 aromatic carbocycles. The number of benzene rings is 1. The lowest BCUT2D eigenvalue weighted by Crippen LogP contribution is -2.35. The van der Waals surface area contributed by atoms with E-state index in [0.29, 0.717) is 16.6 Å². The van der Waals surface area contributed by atoms with Gasteiger partial charge in [0.25, 0.3) is 5.91 Å². The van der Waals surface area contributed by atoms with E-state index in [4.69, 9.17) is 4.74 Å². The van der Waals surface area contributed by atoms with Crippen molar-refractivity contribution in [2.24, 2.45) is 0 Å². The van der Waals surface area contributed by atoms with Crippen LogP contribution in [0.1, 0.15) is 36.5 Å². The van der Waals surface area contributed by atoms with E-state index in [1.807, 2.05) is 40.9 Å². The molecule has 2 rings (SSSR count). The number of hydrogen-bond donors (Lipinski definition) is 0. The Bertz CT molecular complexity index is 450. The summed E-state index contributed by atoms with van der Waals surface area (Å²) in [6.07, 6.45) is 3.53. The number of amides is 1. The third kappa shape index (κ3) is 3.69. The zero-order valence-electron chi connectivity index (χ0n) is 12.3. The van der Waals surface area contributed by atoms with E-state index in [-0.39, 0.29) is 5.91 Å². The Morgan fingerprint density at radius 1 is 1.40 bits per heavy atom. The summed E-state index contributed by atoms with van der Waals surface area (Å²) < 4.78 is 5.31. The average Bonchev–Trinajstić information content (AvgIpc) is 2.72. The molecule has 0 spiro atoms. The molecule has 4 heteroatoms. The molecule has 1 fully saturated rings. The number of likely N-dealkylation sites (tertiary alicyclic amines) is 1. The van der Waals surface area contributed by atoms with Gasteiger partial charge in [-0.25, -0.2) is 0 Å². The molecular weight excluding hydrogens is 270 g/mol.